The van der Waals surface area contributed by atoms with Gasteiger partial charge in [0.15, 0.2) is 0 Å². The topological polar surface area (TPSA) is 86.0 Å². The van der Waals surface area contributed by atoms with Crippen LogP contribution in [0.2, 0.25) is 0 Å². The first kappa shape index (κ1) is 20.5. The predicted octanol–water partition coefficient (Wildman–Crippen LogP) is 3.20. The molecule has 2 aliphatic rings. The van der Waals surface area contributed by atoms with Crippen molar-refractivity contribution in [2.45, 2.75) is 25.4 Å². The molecule has 1 saturated carbocycles. The van der Waals surface area contributed by atoms with Gasteiger partial charge in [0.2, 0.25) is 5.43 Å². The van der Waals surface area contributed by atoms with Crippen LogP contribution >= 0.6 is 0 Å². The van der Waals surface area contributed by atoms with Crippen LogP contribution in [0.15, 0.2) is 47.4 Å². The highest BCUT2D eigenvalue weighted by Crippen LogP contribution is 2.38. The summed E-state index contributed by atoms with van der Waals surface area (Å²) in [5.41, 5.74) is 0.893. The monoisotopic (exact) mass is 437 g/mol. The Balaban J connectivity index is 1.43. The molecule has 1 saturated heterocycles. The first-order valence-corrected chi connectivity index (χ1v) is 10.8. The maximum atomic E-state index is 15.1. The number of phenolic OH excluding ortho intramolecular Hbond substituents is 1. The summed E-state index contributed by atoms with van der Waals surface area (Å²) in [6.45, 7) is 3.26. The zero-order chi connectivity index (χ0) is 22.4. The van der Waals surface area contributed by atoms with Crippen LogP contribution in [-0.2, 0) is 6.54 Å². The molecule has 1 aliphatic carbocycles. The van der Waals surface area contributed by atoms with Crippen molar-refractivity contribution in [3.05, 3.63) is 69.8 Å². The van der Waals surface area contributed by atoms with Crippen LogP contribution in [0.25, 0.3) is 10.9 Å². The molecule has 0 unspecified atom stereocenters. The van der Waals surface area contributed by atoms with Crippen molar-refractivity contribution >= 4 is 22.6 Å². The number of carbonyl (C=O) groups is 1. The van der Waals surface area contributed by atoms with E-state index in [0.29, 0.717) is 43.9 Å². The van der Waals surface area contributed by atoms with Gasteiger partial charge in [0.25, 0.3) is 0 Å². The van der Waals surface area contributed by atoms with Crippen LogP contribution in [0.4, 0.5) is 10.1 Å². The lowest BCUT2D eigenvalue weighted by atomic mass is 10.1. The average molecular weight is 437 g/mol. The fraction of sp³-hybridized carbons (Fsp3) is 0.333. The maximum absolute atomic E-state index is 15.1. The molecule has 2 aromatic carbocycles. The van der Waals surface area contributed by atoms with Gasteiger partial charge < -0.3 is 19.7 Å². The lowest BCUT2D eigenvalue weighted by Gasteiger charge is -2.36. The van der Waals surface area contributed by atoms with E-state index in [1.807, 2.05) is 21.6 Å². The lowest BCUT2D eigenvalue weighted by molar-refractivity contribution is 0.0695. The summed E-state index contributed by atoms with van der Waals surface area (Å²) in [5.74, 6) is -1.54. The van der Waals surface area contributed by atoms with E-state index in [1.54, 1.807) is 18.2 Å². The number of aromatic carboxylic acids is 1. The van der Waals surface area contributed by atoms with Gasteiger partial charge in [0, 0.05) is 55.9 Å². The number of benzene rings is 2. The van der Waals surface area contributed by atoms with E-state index in [-0.39, 0.29) is 22.7 Å². The summed E-state index contributed by atoms with van der Waals surface area (Å²) in [6.07, 6.45) is 3.22. The first-order chi connectivity index (χ1) is 15.4. The minimum Gasteiger partial charge on any atom is -0.508 e. The second-order valence-corrected chi connectivity index (χ2v) is 8.53. The molecule has 8 heteroatoms. The Morgan fingerprint density at radius 2 is 1.81 bits per heavy atom. The van der Waals surface area contributed by atoms with Crippen LogP contribution in [-0.4, -0.2) is 51.8 Å². The number of aromatic nitrogens is 1. The number of rotatable bonds is 5. The molecular weight excluding hydrogens is 413 g/mol. The van der Waals surface area contributed by atoms with Gasteiger partial charge in [-0.2, -0.15) is 0 Å². The molecule has 0 spiro atoms. The van der Waals surface area contributed by atoms with Gasteiger partial charge in [-0.25, -0.2) is 9.18 Å². The summed E-state index contributed by atoms with van der Waals surface area (Å²) in [4.78, 5) is 28.3. The highest BCUT2D eigenvalue weighted by Gasteiger charge is 2.28. The van der Waals surface area contributed by atoms with E-state index in [0.717, 1.165) is 18.4 Å². The van der Waals surface area contributed by atoms with Crippen LogP contribution < -0.4 is 10.3 Å². The smallest absolute Gasteiger partial charge is 0.341 e. The number of aromatic hydroxyl groups is 1. The number of carboxylic acids is 1. The molecule has 0 radical (unpaired) electrons. The van der Waals surface area contributed by atoms with Crippen molar-refractivity contribution in [1.82, 2.24) is 9.47 Å². The minimum absolute atomic E-state index is 0.108. The molecule has 166 valence electrons. The van der Waals surface area contributed by atoms with Crippen molar-refractivity contribution in [2.75, 3.05) is 31.1 Å². The zero-order valence-electron chi connectivity index (χ0n) is 17.5. The van der Waals surface area contributed by atoms with Gasteiger partial charge >= 0.3 is 5.97 Å². The third-order valence-electron chi connectivity index (χ3n) is 6.37. The summed E-state index contributed by atoms with van der Waals surface area (Å²) >= 11 is 0. The largest absolute Gasteiger partial charge is 0.508 e. The zero-order valence-corrected chi connectivity index (χ0v) is 17.5. The Labute approximate surface area is 183 Å². The Morgan fingerprint density at radius 1 is 1.09 bits per heavy atom. The summed E-state index contributed by atoms with van der Waals surface area (Å²) in [6, 6.07) is 10.3. The predicted molar refractivity (Wildman–Crippen MR) is 119 cm³/mol. The van der Waals surface area contributed by atoms with Crippen LogP contribution in [0.5, 0.6) is 5.75 Å². The molecule has 2 N–H and O–H groups in total. The second-order valence-electron chi connectivity index (χ2n) is 8.53. The first-order valence-electron chi connectivity index (χ1n) is 10.8. The van der Waals surface area contributed by atoms with Gasteiger partial charge in [-0.1, -0.05) is 18.2 Å². The maximum Gasteiger partial charge on any atom is 0.341 e. The van der Waals surface area contributed by atoms with E-state index in [4.69, 9.17) is 0 Å². The van der Waals surface area contributed by atoms with Crippen molar-refractivity contribution in [3.8, 4) is 5.75 Å². The van der Waals surface area contributed by atoms with Crippen LogP contribution in [0.1, 0.15) is 34.8 Å². The van der Waals surface area contributed by atoms with Crippen molar-refractivity contribution in [1.29, 1.82) is 0 Å². The highest BCUT2D eigenvalue weighted by molar-refractivity contribution is 5.93. The molecule has 1 aliphatic heterocycles. The highest BCUT2D eigenvalue weighted by atomic mass is 19.1. The molecule has 3 aromatic rings. The van der Waals surface area contributed by atoms with Gasteiger partial charge in [-0.05, 0) is 31.0 Å². The van der Waals surface area contributed by atoms with E-state index in [1.165, 1.54) is 12.3 Å². The van der Waals surface area contributed by atoms with Crippen molar-refractivity contribution < 1.29 is 19.4 Å². The van der Waals surface area contributed by atoms with Gasteiger partial charge in [-0.15, -0.1) is 0 Å². The third-order valence-corrected chi connectivity index (χ3v) is 6.37. The number of halogens is 1. The standard InChI is InChI=1S/C24H24FN3O4/c25-19-11-17-20(28(16-5-6-16)14-18(23(17)30)24(31)32)12-21(19)27-9-7-26(8-10-27)13-15-3-1-2-4-22(15)29/h1-4,11-12,14,16,29H,5-10,13H2,(H,31,32). The number of piperazine rings is 1. The number of fused-ring (bicyclic) bond motifs is 1. The third kappa shape index (κ3) is 3.71. The quantitative estimate of drug-likeness (QED) is 0.638. The van der Waals surface area contributed by atoms with Crippen LogP contribution in [0.3, 0.4) is 0 Å². The molecule has 7 nitrogen and oxygen atoms in total. The molecule has 0 atom stereocenters. The molecule has 0 bridgehead atoms. The number of anilines is 1. The fourth-order valence-electron chi connectivity index (χ4n) is 4.44. The van der Waals surface area contributed by atoms with Crippen molar-refractivity contribution in [2.24, 2.45) is 0 Å². The van der Waals surface area contributed by atoms with Crippen LogP contribution in [0, 0.1) is 5.82 Å². The normalized spacial score (nSPS) is 17.1. The molecule has 5 rings (SSSR count). The Hall–Kier alpha value is -3.39. The second kappa shape index (κ2) is 7.94. The fourth-order valence-corrected chi connectivity index (χ4v) is 4.44. The summed E-state index contributed by atoms with van der Waals surface area (Å²) in [5, 5.41) is 19.5. The van der Waals surface area contributed by atoms with E-state index < -0.39 is 17.2 Å². The molecule has 2 heterocycles. The Morgan fingerprint density at radius 3 is 2.47 bits per heavy atom. The number of phenols is 1. The van der Waals surface area contributed by atoms with Gasteiger partial charge in [0.1, 0.15) is 17.1 Å². The number of carboxylic acid groups (broad SMARTS) is 1. The molecule has 32 heavy (non-hydrogen) atoms. The van der Waals surface area contributed by atoms with E-state index in [2.05, 4.69) is 4.90 Å². The average Bonchev–Trinajstić information content (AvgIpc) is 3.61. The summed E-state index contributed by atoms with van der Waals surface area (Å²) in [7, 11) is 0. The number of pyridine rings is 1. The van der Waals surface area contributed by atoms with E-state index >= 15 is 4.39 Å². The minimum atomic E-state index is -1.30. The van der Waals surface area contributed by atoms with Gasteiger partial charge in [-0.3, -0.25) is 9.69 Å². The SMILES string of the molecule is O=C(O)c1cn(C2CC2)c2cc(N3CCN(Cc4ccccc4O)CC3)c(F)cc2c1=O. The number of nitrogens with zero attached hydrogens (tertiary/aromatic N) is 3. The van der Waals surface area contributed by atoms with Gasteiger partial charge in [0.05, 0.1) is 11.2 Å². The number of para-hydroxylation sites is 1. The molecule has 2 fully saturated rings. The molecule has 1 aromatic heterocycles. The molecule has 0 amide bonds. The Kier molecular flexibility index (Phi) is 5.09. The molecular formula is C24H24FN3O4. The Bertz CT molecular complexity index is 1260. The number of hydrogen-bond donors (Lipinski definition) is 2. The van der Waals surface area contributed by atoms with Crippen molar-refractivity contribution in [3.63, 3.8) is 0 Å². The number of hydrogen-bond acceptors (Lipinski definition) is 5. The lowest BCUT2D eigenvalue weighted by Crippen LogP contribution is -2.46. The summed E-state index contributed by atoms with van der Waals surface area (Å²) < 4.78 is 16.9. The van der Waals surface area contributed by atoms with E-state index in [9.17, 15) is 19.8 Å².